The summed E-state index contributed by atoms with van der Waals surface area (Å²) in [5.74, 6) is -0.0216. The number of oxime groups is 1. The highest BCUT2D eigenvalue weighted by Gasteiger charge is 2.17. The van der Waals surface area contributed by atoms with Crippen LogP contribution >= 0.6 is 15.9 Å². The molecule has 0 bridgehead atoms. The van der Waals surface area contributed by atoms with Crippen LogP contribution < -0.4 is 5.32 Å². The molecule has 1 aliphatic rings. The molecule has 2 rings (SSSR count). The number of hydrogen-bond donors (Lipinski definition) is 2. The first-order valence-corrected chi connectivity index (χ1v) is 6.94. The van der Waals surface area contributed by atoms with Crippen LogP contribution in [0.4, 0.5) is 5.69 Å². The summed E-state index contributed by atoms with van der Waals surface area (Å²) in [6.07, 6.45) is 1.45. The van der Waals surface area contributed by atoms with Gasteiger partial charge in [-0.25, -0.2) is 0 Å². The summed E-state index contributed by atoms with van der Waals surface area (Å²) in [7, 11) is 0. The predicted octanol–water partition coefficient (Wildman–Crippen LogP) is 2.31. The van der Waals surface area contributed by atoms with Crippen LogP contribution in [0.15, 0.2) is 33.9 Å². The maximum atomic E-state index is 11.9. The molecule has 0 aliphatic carbocycles. The number of rotatable bonds is 3. The maximum Gasteiger partial charge on any atom is 0.238 e. The molecule has 1 aliphatic heterocycles. The summed E-state index contributed by atoms with van der Waals surface area (Å²) in [6, 6.07) is 7.49. The molecule has 19 heavy (non-hydrogen) atoms. The lowest BCUT2D eigenvalue weighted by Crippen LogP contribution is -2.39. The molecule has 0 saturated carbocycles. The lowest BCUT2D eigenvalue weighted by molar-refractivity contribution is -0.117. The van der Waals surface area contributed by atoms with Gasteiger partial charge in [-0.15, -0.1) is 0 Å². The molecule has 0 unspecified atom stereocenters. The van der Waals surface area contributed by atoms with E-state index in [0.717, 1.165) is 41.8 Å². The Morgan fingerprint density at radius 3 is 2.53 bits per heavy atom. The van der Waals surface area contributed by atoms with Gasteiger partial charge in [0.2, 0.25) is 5.91 Å². The average molecular weight is 326 g/mol. The van der Waals surface area contributed by atoms with Gasteiger partial charge in [-0.1, -0.05) is 21.1 Å². The minimum atomic E-state index is -0.0216. The van der Waals surface area contributed by atoms with Crippen molar-refractivity contribution in [3.63, 3.8) is 0 Å². The van der Waals surface area contributed by atoms with E-state index in [1.165, 1.54) is 0 Å². The predicted molar refractivity (Wildman–Crippen MR) is 77.7 cm³/mol. The second-order valence-electron chi connectivity index (χ2n) is 4.50. The molecule has 1 heterocycles. The van der Waals surface area contributed by atoms with Crippen molar-refractivity contribution in [2.75, 3.05) is 25.0 Å². The van der Waals surface area contributed by atoms with Gasteiger partial charge < -0.3 is 10.5 Å². The second kappa shape index (κ2) is 6.68. The van der Waals surface area contributed by atoms with Crippen molar-refractivity contribution in [2.45, 2.75) is 12.8 Å². The molecule has 6 heteroatoms. The Hall–Kier alpha value is -1.40. The first kappa shape index (κ1) is 14.0. The molecule has 0 radical (unpaired) electrons. The van der Waals surface area contributed by atoms with Gasteiger partial charge >= 0.3 is 0 Å². The third-order valence-corrected chi connectivity index (χ3v) is 3.60. The Kier molecular flexibility index (Phi) is 4.93. The third kappa shape index (κ3) is 4.33. The first-order chi connectivity index (χ1) is 9.17. The molecule has 0 atom stereocenters. The molecule has 102 valence electrons. The number of anilines is 1. The first-order valence-electron chi connectivity index (χ1n) is 6.15. The number of benzene rings is 1. The minimum absolute atomic E-state index is 0.0216. The molecular formula is C13H16BrN3O2. The highest BCUT2D eigenvalue weighted by atomic mass is 79.9. The zero-order chi connectivity index (χ0) is 13.7. The van der Waals surface area contributed by atoms with Crippen molar-refractivity contribution in [1.29, 1.82) is 0 Å². The Morgan fingerprint density at radius 1 is 1.32 bits per heavy atom. The number of carbonyl (C=O) groups excluding carboxylic acids is 1. The fourth-order valence-corrected chi connectivity index (χ4v) is 2.27. The molecule has 1 aromatic carbocycles. The Morgan fingerprint density at radius 2 is 1.95 bits per heavy atom. The summed E-state index contributed by atoms with van der Waals surface area (Å²) in [6.45, 7) is 1.88. The fraction of sp³-hybridized carbons (Fsp3) is 0.385. The number of nitrogens with one attached hydrogen (secondary N) is 1. The zero-order valence-corrected chi connectivity index (χ0v) is 12.1. The Balaban J connectivity index is 1.80. The van der Waals surface area contributed by atoms with E-state index in [2.05, 4.69) is 31.3 Å². The van der Waals surface area contributed by atoms with Crippen molar-refractivity contribution in [2.24, 2.45) is 5.16 Å². The molecule has 5 nitrogen and oxygen atoms in total. The second-order valence-corrected chi connectivity index (χ2v) is 5.41. The minimum Gasteiger partial charge on any atom is -0.411 e. The number of carbonyl (C=O) groups is 1. The van der Waals surface area contributed by atoms with Crippen LogP contribution in [0, 0.1) is 0 Å². The number of hydrogen-bond acceptors (Lipinski definition) is 4. The van der Waals surface area contributed by atoms with Crippen molar-refractivity contribution < 1.29 is 10.0 Å². The molecule has 1 amide bonds. The Labute approximate surface area is 120 Å². The van der Waals surface area contributed by atoms with Gasteiger partial charge in [0.1, 0.15) is 0 Å². The van der Waals surface area contributed by atoms with Crippen LogP contribution in [-0.4, -0.2) is 41.4 Å². The van der Waals surface area contributed by atoms with Crippen LogP contribution in [0.1, 0.15) is 12.8 Å². The molecular weight excluding hydrogens is 310 g/mol. The van der Waals surface area contributed by atoms with Crippen molar-refractivity contribution in [3.05, 3.63) is 28.7 Å². The normalized spacial score (nSPS) is 16.2. The largest absolute Gasteiger partial charge is 0.411 e. The van der Waals surface area contributed by atoms with E-state index in [4.69, 9.17) is 5.21 Å². The number of piperidine rings is 1. The van der Waals surface area contributed by atoms with Crippen molar-refractivity contribution >= 4 is 33.2 Å². The fourth-order valence-electron chi connectivity index (χ4n) is 2.01. The highest BCUT2D eigenvalue weighted by Crippen LogP contribution is 2.14. The van der Waals surface area contributed by atoms with Gasteiger partial charge in [0.25, 0.3) is 0 Å². The molecule has 0 aromatic heterocycles. The number of amides is 1. The van der Waals surface area contributed by atoms with E-state index in [1.807, 2.05) is 24.3 Å². The lowest BCUT2D eigenvalue weighted by atomic mass is 10.1. The lowest BCUT2D eigenvalue weighted by Gasteiger charge is -2.26. The van der Waals surface area contributed by atoms with Crippen LogP contribution in [-0.2, 0) is 4.79 Å². The van der Waals surface area contributed by atoms with E-state index in [1.54, 1.807) is 0 Å². The molecule has 2 N–H and O–H groups in total. The Bertz CT molecular complexity index is 463. The SMILES string of the molecule is O=C(CN1CCC(=NO)CC1)Nc1ccc(Br)cc1. The van der Waals surface area contributed by atoms with Gasteiger partial charge in [0.15, 0.2) is 0 Å². The quantitative estimate of drug-likeness (QED) is 0.662. The zero-order valence-electron chi connectivity index (χ0n) is 10.5. The third-order valence-electron chi connectivity index (χ3n) is 3.07. The van der Waals surface area contributed by atoms with E-state index in [-0.39, 0.29) is 5.91 Å². The van der Waals surface area contributed by atoms with Crippen LogP contribution in [0.2, 0.25) is 0 Å². The molecule has 1 saturated heterocycles. The molecule has 0 spiro atoms. The molecule has 1 aromatic rings. The topological polar surface area (TPSA) is 64.9 Å². The van der Waals surface area contributed by atoms with E-state index in [9.17, 15) is 4.79 Å². The molecule has 1 fully saturated rings. The maximum absolute atomic E-state index is 11.9. The van der Waals surface area contributed by atoms with Gasteiger partial charge in [0.05, 0.1) is 12.3 Å². The summed E-state index contributed by atoms with van der Waals surface area (Å²) in [5, 5.41) is 14.7. The van der Waals surface area contributed by atoms with Crippen molar-refractivity contribution in [1.82, 2.24) is 4.90 Å². The van der Waals surface area contributed by atoms with Gasteiger partial charge in [-0.3, -0.25) is 9.69 Å². The van der Waals surface area contributed by atoms with Crippen LogP contribution in [0.3, 0.4) is 0 Å². The monoisotopic (exact) mass is 325 g/mol. The van der Waals surface area contributed by atoms with Crippen LogP contribution in [0.5, 0.6) is 0 Å². The summed E-state index contributed by atoms with van der Waals surface area (Å²) in [4.78, 5) is 13.9. The van der Waals surface area contributed by atoms with E-state index < -0.39 is 0 Å². The van der Waals surface area contributed by atoms with Gasteiger partial charge in [-0.2, -0.15) is 0 Å². The standard InChI is InChI=1S/C13H16BrN3O2/c14-10-1-3-11(4-2-10)15-13(18)9-17-7-5-12(16-19)6-8-17/h1-4,19H,5-9H2,(H,15,18). The summed E-state index contributed by atoms with van der Waals surface area (Å²) in [5.41, 5.74) is 1.60. The van der Waals surface area contributed by atoms with Gasteiger partial charge in [0, 0.05) is 36.1 Å². The number of nitrogens with zero attached hydrogens (tertiary/aromatic N) is 2. The van der Waals surface area contributed by atoms with E-state index in [0.29, 0.717) is 6.54 Å². The number of likely N-dealkylation sites (tertiary alicyclic amines) is 1. The highest BCUT2D eigenvalue weighted by molar-refractivity contribution is 9.10. The van der Waals surface area contributed by atoms with Crippen LogP contribution in [0.25, 0.3) is 0 Å². The summed E-state index contributed by atoms with van der Waals surface area (Å²) < 4.78 is 0.984. The van der Waals surface area contributed by atoms with Crippen molar-refractivity contribution in [3.8, 4) is 0 Å². The smallest absolute Gasteiger partial charge is 0.238 e. The number of halogens is 1. The summed E-state index contributed by atoms with van der Waals surface area (Å²) >= 11 is 3.35. The average Bonchev–Trinajstić information content (AvgIpc) is 2.42. The van der Waals surface area contributed by atoms with E-state index >= 15 is 0 Å². The van der Waals surface area contributed by atoms with Gasteiger partial charge in [-0.05, 0) is 24.3 Å².